The van der Waals surface area contributed by atoms with Crippen molar-refractivity contribution in [3.8, 4) is 6.07 Å². The Hall–Kier alpha value is -2.59. The highest BCUT2D eigenvalue weighted by Gasteiger charge is 2.10. The third-order valence-corrected chi connectivity index (χ3v) is 4.54. The number of nitriles is 1. The van der Waals surface area contributed by atoms with Gasteiger partial charge < -0.3 is 5.73 Å². The lowest BCUT2D eigenvalue weighted by Gasteiger charge is -1.98. The molecule has 0 radical (unpaired) electrons. The van der Waals surface area contributed by atoms with Crippen LogP contribution in [0.1, 0.15) is 11.3 Å². The number of thiazole rings is 1. The Balaban J connectivity index is 2.07. The van der Waals surface area contributed by atoms with Crippen LogP contribution >= 0.6 is 34.5 Å². The summed E-state index contributed by atoms with van der Waals surface area (Å²) in [5.41, 5.74) is 7.68. The van der Waals surface area contributed by atoms with E-state index in [4.69, 9.17) is 28.9 Å². The zero-order chi connectivity index (χ0) is 17.8. The highest BCUT2D eigenvalue weighted by atomic mass is 35.5. The molecule has 0 aliphatic rings. The van der Waals surface area contributed by atoms with Crippen LogP contribution in [0.5, 0.6) is 0 Å². The average Bonchev–Trinajstić information content (AvgIpc) is 2.91. The summed E-state index contributed by atoms with van der Waals surface area (Å²) in [5.74, 6) is 0. The first kappa shape index (κ1) is 17.2. The summed E-state index contributed by atoms with van der Waals surface area (Å²) in [5, 5.41) is 15.3. The van der Waals surface area contributed by atoms with E-state index in [-0.39, 0.29) is 5.69 Å². The minimum absolute atomic E-state index is 0.239. The van der Waals surface area contributed by atoms with Crippen molar-refractivity contribution in [2.75, 3.05) is 5.73 Å². The minimum Gasteiger partial charge on any atom is -0.388 e. The summed E-state index contributed by atoms with van der Waals surface area (Å²) in [4.78, 5) is 4.98. The third kappa shape index (κ3) is 4.09. The number of benzene rings is 2. The van der Waals surface area contributed by atoms with E-state index in [1.54, 1.807) is 42.6 Å². The molecule has 0 saturated heterocycles. The summed E-state index contributed by atoms with van der Waals surface area (Å²) < 4.78 is 1.42. The van der Waals surface area contributed by atoms with Crippen LogP contribution in [0.3, 0.4) is 0 Å². The Morgan fingerprint density at radius 2 is 1.64 bits per heavy atom. The van der Waals surface area contributed by atoms with E-state index in [9.17, 15) is 5.26 Å². The molecule has 124 valence electrons. The molecule has 5 nitrogen and oxygen atoms in total. The van der Waals surface area contributed by atoms with E-state index in [1.807, 2.05) is 12.1 Å². The number of hydrogen-bond donors (Lipinski definition) is 1. The van der Waals surface area contributed by atoms with Crippen LogP contribution in [0.15, 0.2) is 58.6 Å². The molecule has 8 heteroatoms. The molecule has 0 unspecified atom stereocenters. The van der Waals surface area contributed by atoms with Crippen molar-refractivity contribution in [3.63, 3.8) is 0 Å². The number of anilines is 1. The lowest BCUT2D eigenvalue weighted by molar-refractivity contribution is 0.831. The molecule has 0 aliphatic heterocycles. The normalized spacial score (nSPS) is 11.8. The average molecular weight is 388 g/mol. The van der Waals surface area contributed by atoms with Crippen molar-refractivity contribution in [2.24, 2.45) is 10.1 Å². The van der Waals surface area contributed by atoms with Crippen LogP contribution in [-0.2, 0) is 0 Å². The van der Waals surface area contributed by atoms with Crippen molar-refractivity contribution < 1.29 is 0 Å². The standard InChI is InChI=1S/C17H11Cl2N5S/c18-12-3-1-11(2-4-12)10-22-24-15(9-20)16(21)25-17(24)23-14-7-5-13(19)6-8-14/h1-8,10H,21H2/b22-10+,23-17?. The van der Waals surface area contributed by atoms with Gasteiger partial charge in [-0.2, -0.15) is 15.0 Å². The minimum atomic E-state index is 0.239. The first-order valence-electron chi connectivity index (χ1n) is 7.08. The van der Waals surface area contributed by atoms with Crippen molar-refractivity contribution in [3.05, 3.63) is 74.6 Å². The molecule has 0 fully saturated rings. The van der Waals surface area contributed by atoms with Crippen LogP contribution in [0.2, 0.25) is 10.0 Å². The van der Waals surface area contributed by atoms with E-state index in [0.29, 0.717) is 25.5 Å². The van der Waals surface area contributed by atoms with Gasteiger partial charge in [0, 0.05) is 10.0 Å². The molecule has 0 bridgehead atoms. The summed E-state index contributed by atoms with van der Waals surface area (Å²) >= 11 is 12.9. The van der Waals surface area contributed by atoms with Crippen LogP contribution in [0, 0.1) is 11.3 Å². The SMILES string of the molecule is N#Cc1c(N)sc(=Nc2ccc(Cl)cc2)n1/N=C/c1ccc(Cl)cc1. The smallest absolute Gasteiger partial charge is 0.214 e. The number of aromatic nitrogens is 1. The molecule has 2 N–H and O–H groups in total. The zero-order valence-corrected chi connectivity index (χ0v) is 15.1. The summed E-state index contributed by atoms with van der Waals surface area (Å²) in [7, 11) is 0. The van der Waals surface area contributed by atoms with Crippen molar-refractivity contribution in [1.82, 2.24) is 4.68 Å². The highest BCUT2D eigenvalue weighted by Crippen LogP contribution is 2.18. The number of nitrogens with zero attached hydrogens (tertiary/aromatic N) is 4. The maximum absolute atomic E-state index is 9.35. The van der Waals surface area contributed by atoms with Gasteiger partial charge in [0.05, 0.1) is 11.9 Å². The Morgan fingerprint density at radius 1 is 1.04 bits per heavy atom. The van der Waals surface area contributed by atoms with Gasteiger partial charge in [-0.15, -0.1) is 0 Å². The first-order chi connectivity index (χ1) is 12.1. The van der Waals surface area contributed by atoms with Gasteiger partial charge in [0.15, 0.2) is 5.69 Å². The maximum Gasteiger partial charge on any atom is 0.214 e. The van der Waals surface area contributed by atoms with Gasteiger partial charge in [-0.05, 0) is 42.0 Å². The molecule has 0 saturated carbocycles. The number of nitrogen functional groups attached to an aromatic ring is 1. The van der Waals surface area contributed by atoms with Gasteiger partial charge in [0.2, 0.25) is 4.80 Å². The predicted octanol–water partition coefficient (Wildman–Crippen LogP) is 4.42. The largest absolute Gasteiger partial charge is 0.388 e. The molecule has 0 amide bonds. The first-order valence-corrected chi connectivity index (χ1v) is 8.65. The van der Waals surface area contributed by atoms with Crippen molar-refractivity contribution in [2.45, 2.75) is 0 Å². The van der Waals surface area contributed by atoms with Gasteiger partial charge in [0.25, 0.3) is 0 Å². The number of hydrogen-bond acceptors (Lipinski definition) is 5. The third-order valence-electron chi connectivity index (χ3n) is 3.18. The fourth-order valence-electron chi connectivity index (χ4n) is 1.97. The number of nitrogens with two attached hydrogens (primary N) is 1. The topological polar surface area (TPSA) is 79.5 Å². The Kier molecular flexibility index (Phi) is 5.19. The maximum atomic E-state index is 9.35. The molecule has 1 heterocycles. The molecule has 1 aromatic heterocycles. The van der Waals surface area contributed by atoms with E-state index in [1.165, 1.54) is 16.0 Å². The van der Waals surface area contributed by atoms with E-state index >= 15 is 0 Å². The van der Waals surface area contributed by atoms with Gasteiger partial charge in [-0.25, -0.2) is 4.99 Å². The van der Waals surface area contributed by atoms with Gasteiger partial charge in [-0.1, -0.05) is 46.7 Å². The molecule has 0 aliphatic carbocycles. The predicted molar refractivity (Wildman–Crippen MR) is 103 cm³/mol. The van der Waals surface area contributed by atoms with E-state index in [2.05, 4.69) is 16.2 Å². The molecular weight excluding hydrogens is 377 g/mol. The molecule has 2 aromatic carbocycles. The molecule has 0 atom stereocenters. The number of halogens is 2. The molecular formula is C17H11Cl2N5S. The summed E-state index contributed by atoms with van der Waals surface area (Å²) in [6.45, 7) is 0. The number of rotatable bonds is 3. The van der Waals surface area contributed by atoms with Crippen molar-refractivity contribution in [1.29, 1.82) is 5.26 Å². The second-order valence-electron chi connectivity index (χ2n) is 4.91. The Morgan fingerprint density at radius 3 is 2.24 bits per heavy atom. The molecule has 25 heavy (non-hydrogen) atoms. The molecule has 0 spiro atoms. The second-order valence-corrected chi connectivity index (χ2v) is 6.79. The van der Waals surface area contributed by atoms with Crippen LogP contribution in [0.4, 0.5) is 10.7 Å². The van der Waals surface area contributed by atoms with E-state index < -0.39 is 0 Å². The van der Waals surface area contributed by atoms with Crippen LogP contribution < -0.4 is 10.5 Å². The lowest BCUT2D eigenvalue weighted by Crippen LogP contribution is -2.12. The molecule has 3 aromatic rings. The quantitative estimate of drug-likeness (QED) is 0.674. The fourth-order valence-corrected chi connectivity index (χ4v) is 3.02. The van der Waals surface area contributed by atoms with Crippen LogP contribution in [-0.4, -0.2) is 10.9 Å². The summed E-state index contributed by atoms with van der Waals surface area (Å²) in [6, 6.07) is 16.3. The Bertz CT molecular complexity index is 1020. The highest BCUT2D eigenvalue weighted by molar-refractivity contribution is 7.13. The molecule has 3 rings (SSSR count). The zero-order valence-electron chi connectivity index (χ0n) is 12.7. The second kappa shape index (κ2) is 7.53. The lowest BCUT2D eigenvalue weighted by atomic mass is 10.2. The van der Waals surface area contributed by atoms with Crippen molar-refractivity contribution >= 4 is 51.4 Å². The fraction of sp³-hybridized carbons (Fsp3) is 0. The van der Waals surface area contributed by atoms with Gasteiger partial charge in [-0.3, -0.25) is 0 Å². The summed E-state index contributed by atoms with van der Waals surface area (Å²) in [6.07, 6.45) is 1.62. The van der Waals surface area contributed by atoms with E-state index in [0.717, 1.165) is 5.56 Å². The van der Waals surface area contributed by atoms with Gasteiger partial charge in [0.1, 0.15) is 11.1 Å². The Labute approximate surface area is 157 Å². The van der Waals surface area contributed by atoms with Crippen LogP contribution in [0.25, 0.3) is 0 Å². The van der Waals surface area contributed by atoms with Gasteiger partial charge >= 0.3 is 0 Å². The monoisotopic (exact) mass is 387 g/mol.